The monoisotopic (exact) mass is 195 g/mol. The molecule has 1 aliphatic rings. The average Bonchev–Trinajstić information content (AvgIpc) is 1.99. The minimum absolute atomic E-state index is 0.371. The predicted molar refractivity (Wildman–Crippen MR) is 53.5 cm³/mol. The summed E-state index contributed by atoms with van der Waals surface area (Å²) in [7, 11) is 0. The van der Waals surface area contributed by atoms with Gasteiger partial charge in [0.2, 0.25) is 0 Å². The lowest BCUT2D eigenvalue weighted by Crippen LogP contribution is -2.26. The van der Waals surface area contributed by atoms with E-state index in [1.165, 1.54) is 25.3 Å². The third-order valence-electron chi connectivity index (χ3n) is 2.57. The SMILES string of the molecule is O=c1cc(NCC2CCC2)[nH]c(=O)[nH]1. The third-order valence-corrected chi connectivity index (χ3v) is 2.57. The van der Waals surface area contributed by atoms with E-state index >= 15 is 0 Å². The second-order valence-corrected chi connectivity index (χ2v) is 3.68. The second-order valence-electron chi connectivity index (χ2n) is 3.68. The highest BCUT2D eigenvalue weighted by molar-refractivity contribution is 5.31. The van der Waals surface area contributed by atoms with Gasteiger partial charge in [0.15, 0.2) is 0 Å². The Morgan fingerprint density at radius 2 is 2.14 bits per heavy atom. The van der Waals surface area contributed by atoms with Crippen molar-refractivity contribution >= 4 is 5.82 Å². The third kappa shape index (κ3) is 2.04. The Kier molecular flexibility index (Phi) is 2.39. The summed E-state index contributed by atoms with van der Waals surface area (Å²) in [4.78, 5) is 26.5. The number of aromatic amines is 2. The van der Waals surface area contributed by atoms with Crippen LogP contribution in [0.4, 0.5) is 5.82 Å². The average molecular weight is 195 g/mol. The highest BCUT2D eigenvalue weighted by atomic mass is 16.2. The Bertz CT molecular complexity index is 388. The molecule has 0 aliphatic heterocycles. The molecule has 1 aromatic rings. The van der Waals surface area contributed by atoms with Gasteiger partial charge in [0.25, 0.3) is 5.56 Å². The summed E-state index contributed by atoms with van der Waals surface area (Å²) in [5.41, 5.74) is -0.835. The van der Waals surface area contributed by atoms with Crippen molar-refractivity contribution < 1.29 is 0 Å². The molecule has 1 aliphatic carbocycles. The van der Waals surface area contributed by atoms with Gasteiger partial charge in [-0.05, 0) is 18.8 Å². The Labute approximate surface area is 80.6 Å². The molecule has 0 saturated heterocycles. The zero-order chi connectivity index (χ0) is 9.97. The smallest absolute Gasteiger partial charge is 0.327 e. The van der Waals surface area contributed by atoms with Gasteiger partial charge in [0.05, 0.1) is 0 Å². The van der Waals surface area contributed by atoms with Gasteiger partial charge >= 0.3 is 5.69 Å². The number of rotatable bonds is 3. The summed E-state index contributed by atoms with van der Waals surface area (Å²) < 4.78 is 0. The van der Waals surface area contributed by atoms with E-state index < -0.39 is 5.69 Å². The normalized spacial score (nSPS) is 16.3. The van der Waals surface area contributed by atoms with E-state index in [2.05, 4.69) is 15.3 Å². The lowest BCUT2D eigenvalue weighted by atomic mass is 9.85. The summed E-state index contributed by atoms with van der Waals surface area (Å²) in [6.45, 7) is 0.833. The van der Waals surface area contributed by atoms with Crippen molar-refractivity contribution in [3.63, 3.8) is 0 Å². The molecule has 1 heterocycles. The van der Waals surface area contributed by atoms with Crippen LogP contribution in [0, 0.1) is 5.92 Å². The molecule has 2 rings (SSSR count). The van der Waals surface area contributed by atoms with E-state index in [1.54, 1.807) is 0 Å². The van der Waals surface area contributed by atoms with Crippen LogP contribution in [0.5, 0.6) is 0 Å². The van der Waals surface area contributed by atoms with Gasteiger partial charge in [0.1, 0.15) is 5.82 Å². The van der Waals surface area contributed by atoms with E-state index in [9.17, 15) is 9.59 Å². The van der Waals surface area contributed by atoms with Crippen LogP contribution < -0.4 is 16.6 Å². The van der Waals surface area contributed by atoms with E-state index in [4.69, 9.17) is 0 Å². The van der Waals surface area contributed by atoms with Gasteiger partial charge in [-0.15, -0.1) is 0 Å². The molecule has 0 aromatic carbocycles. The number of hydrogen-bond acceptors (Lipinski definition) is 3. The van der Waals surface area contributed by atoms with Gasteiger partial charge in [-0.1, -0.05) is 6.42 Å². The predicted octanol–water partition coefficient (Wildman–Crippen LogP) is 0.275. The molecule has 0 radical (unpaired) electrons. The van der Waals surface area contributed by atoms with E-state index in [1.807, 2.05) is 0 Å². The lowest BCUT2D eigenvalue weighted by Gasteiger charge is -2.25. The summed E-state index contributed by atoms with van der Waals surface area (Å²) in [5, 5.41) is 3.05. The lowest BCUT2D eigenvalue weighted by molar-refractivity contribution is 0.333. The maximum atomic E-state index is 10.9. The zero-order valence-corrected chi connectivity index (χ0v) is 7.80. The quantitative estimate of drug-likeness (QED) is 0.648. The van der Waals surface area contributed by atoms with Crippen LogP contribution in [-0.2, 0) is 0 Å². The van der Waals surface area contributed by atoms with Crippen LogP contribution in [-0.4, -0.2) is 16.5 Å². The van der Waals surface area contributed by atoms with Crippen molar-refractivity contribution in [2.45, 2.75) is 19.3 Å². The molecule has 0 bridgehead atoms. The molecule has 3 N–H and O–H groups in total. The van der Waals surface area contributed by atoms with Crippen LogP contribution in [0.3, 0.4) is 0 Å². The van der Waals surface area contributed by atoms with E-state index in [0.717, 1.165) is 6.54 Å². The van der Waals surface area contributed by atoms with Crippen molar-refractivity contribution in [3.05, 3.63) is 26.9 Å². The van der Waals surface area contributed by atoms with E-state index in [0.29, 0.717) is 11.7 Å². The first kappa shape index (κ1) is 9.05. The fraction of sp³-hybridized carbons (Fsp3) is 0.556. The van der Waals surface area contributed by atoms with Gasteiger partial charge < -0.3 is 5.32 Å². The molecule has 0 spiro atoms. The summed E-state index contributed by atoms with van der Waals surface area (Å²) >= 11 is 0. The van der Waals surface area contributed by atoms with Crippen LogP contribution in [0.1, 0.15) is 19.3 Å². The van der Waals surface area contributed by atoms with Crippen molar-refractivity contribution in [1.29, 1.82) is 0 Å². The number of aromatic nitrogens is 2. The molecule has 1 fully saturated rings. The number of anilines is 1. The molecule has 0 unspecified atom stereocenters. The Hall–Kier alpha value is -1.52. The van der Waals surface area contributed by atoms with Crippen LogP contribution in [0.2, 0.25) is 0 Å². The van der Waals surface area contributed by atoms with Crippen molar-refractivity contribution in [2.24, 2.45) is 5.92 Å². The molecule has 14 heavy (non-hydrogen) atoms. The van der Waals surface area contributed by atoms with Crippen molar-refractivity contribution in [2.75, 3.05) is 11.9 Å². The molecule has 1 saturated carbocycles. The Morgan fingerprint density at radius 1 is 1.36 bits per heavy atom. The topological polar surface area (TPSA) is 77.8 Å². The van der Waals surface area contributed by atoms with Gasteiger partial charge in [-0.3, -0.25) is 14.8 Å². The number of hydrogen-bond donors (Lipinski definition) is 3. The van der Waals surface area contributed by atoms with Crippen molar-refractivity contribution in [1.82, 2.24) is 9.97 Å². The molecule has 0 atom stereocenters. The fourth-order valence-electron chi connectivity index (χ4n) is 1.52. The van der Waals surface area contributed by atoms with Gasteiger partial charge in [-0.2, -0.15) is 0 Å². The fourth-order valence-corrected chi connectivity index (χ4v) is 1.52. The molecule has 76 valence electrons. The van der Waals surface area contributed by atoms with E-state index in [-0.39, 0.29) is 5.56 Å². The number of H-pyrrole nitrogens is 2. The minimum Gasteiger partial charge on any atom is -0.371 e. The highest BCUT2D eigenvalue weighted by Crippen LogP contribution is 2.25. The first-order chi connectivity index (χ1) is 6.74. The minimum atomic E-state index is -0.464. The largest absolute Gasteiger partial charge is 0.371 e. The van der Waals surface area contributed by atoms with Crippen molar-refractivity contribution in [3.8, 4) is 0 Å². The molecular weight excluding hydrogens is 182 g/mol. The maximum Gasteiger partial charge on any atom is 0.327 e. The first-order valence-corrected chi connectivity index (χ1v) is 4.81. The van der Waals surface area contributed by atoms with Gasteiger partial charge in [0, 0.05) is 12.6 Å². The Morgan fingerprint density at radius 3 is 2.71 bits per heavy atom. The summed E-state index contributed by atoms with van der Waals surface area (Å²) in [6, 6.07) is 1.36. The standard InChI is InChI=1S/C9H13N3O2/c13-8-4-7(11-9(14)12-8)10-5-6-2-1-3-6/h4,6H,1-3,5H2,(H3,10,11,12,13,14). The summed E-state index contributed by atoms with van der Waals surface area (Å²) in [5.74, 6) is 1.20. The van der Waals surface area contributed by atoms with Crippen LogP contribution in [0.25, 0.3) is 0 Å². The summed E-state index contributed by atoms with van der Waals surface area (Å²) in [6.07, 6.45) is 3.76. The van der Waals surface area contributed by atoms with Crippen LogP contribution in [0.15, 0.2) is 15.7 Å². The molecule has 0 amide bonds. The molecular formula is C9H13N3O2. The number of nitrogens with one attached hydrogen (secondary N) is 3. The molecule has 5 nitrogen and oxygen atoms in total. The molecule has 1 aromatic heterocycles. The maximum absolute atomic E-state index is 10.9. The highest BCUT2D eigenvalue weighted by Gasteiger charge is 2.16. The van der Waals surface area contributed by atoms with Gasteiger partial charge in [-0.25, -0.2) is 4.79 Å². The first-order valence-electron chi connectivity index (χ1n) is 4.81. The second kappa shape index (κ2) is 3.69. The molecule has 5 heteroatoms. The zero-order valence-electron chi connectivity index (χ0n) is 7.80. The Balaban J connectivity index is 2.01. The van der Waals surface area contributed by atoms with Crippen LogP contribution >= 0.6 is 0 Å².